The molecule has 0 atom stereocenters. The quantitative estimate of drug-likeness (QED) is 0.515. The Kier molecular flexibility index (Phi) is 5.27. The second-order valence-electron chi connectivity index (χ2n) is 5.64. The molecule has 2 rings (SSSR count). The highest BCUT2D eigenvalue weighted by Gasteiger charge is 2.17. The highest BCUT2D eigenvalue weighted by Crippen LogP contribution is 2.23. The monoisotopic (exact) mass is 302 g/mol. The molecule has 0 unspecified atom stereocenters. The molecule has 1 aliphatic rings. The van der Waals surface area contributed by atoms with E-state index < -0.39 is 0 Å². The van der Waals surface area contributed by atoms with Gasteiger partial charge in [0.1, 0.15) is 0 Å². The lowest BCUT2D eigenvalue weighted by Crippen LogP contribution is -2.29. The second kappa shape index (κ2) is 7.17. The number of hydrogen-bond donors (Lipinski definition) is 1. The van der Waals surface area contributed by atoms with E-state index in [1.165, 1.54) is 0 Å². The van der Waals surface area contributed by atoms with Gasteiger partial charge in [-0.05, 0) is 45.4 Å². The fourth-order valence-electron chi connectivity index (χ4n) is 2.55. The van der Waals surface area contributed by atoms with Crippen LogP contribution in [-0.2, 0) is 0 Å². The Morgan fingerprint density at radius 3 is 2.73 bits per heavy atom. The molecule has 6 nitrogen and oxygen atoms in total. The van der Waals surface area contributed by atoms with E-state index in [-0.39, 0.29) is 10.6 Å². The van der Waals surface area contributed by atoms with Crippen molar-refractivity contribution in [1.82, 2.24) is 15.1 Å². The Labute approximate surface area is 130 Å². The number of rotatable bonds is 5. The van der Waals surface area contributed by atoms with Gasteiger partial charge in [0.15, 0.2) is 0 Å². The van der Waals surface area contributed by atoms with Gasteiger partial charge in [-0.2, -0.15) is 5.10 Å². The van der Waals surface area contributed by atoms with Crippen molar-refractivity contribution in [2.75, 3.05) is 13.1 Å². The molecule has 2 heterocycles. The third-order valence-electron chi connectivity index (χ3n) is 3.84. The Bertz CT molecular complexity index is 618. The summed E-state index contributed by atoms with van der Waals surface area (Å²) in [5.41, 5.74) is 2.34. The molecular formula is C16H22N4O2. The van der Waals surface area contributed by atoms with Crippen LogP contribution in [-0.4, -0.2) is 27.8 Å². The summed E-state index contributed by atoms with van der Waals surface area (Å²) >= 11 is 0. The van der Waals surface area contributed by atoms with Crippen molar-refractivity contribution < 1.29 is 4.92 Å². The largest absolute Gasteiger partial charge is 0.317 e. The Hall–Kier alpha value is -2.21. The molecule has 1 saturated heterocycles. The van der Waals surface area contributed by atoms with Crippen LogP contribution in [0.15, 0.2) is 42.4 Å². The third kappa shape index (κ3) is 3.71. The molecule has 0 aliphatic carbocycles. The molecule has 0 saturated carbocycles. The first kappa shape index (κ1) is 16.2. The first-order valence-corrected chi connectivity index (χ1v) is 7.44. The molecule has 1 aliphatic heterocycles. The van der Waals surface area contributed by atoms with Crippen molar-refractivity contribution in [2.24, 2.45) is 0 Å². The summed E-state index contributed by atoms with van der Waals surface area (Å²) in [6.07, 6.45) is 8.98. The van der Waals surface area contributed by atoms with Crippen LogP contribution in [0.5, 0.6) is 0 Å². The van der Waals surface area contributed by atoms with Gasteiger partial charge in [0.05, 0.1) is 17.2 Å². The summed E-state index contributed by atoms with van der Waals surface area (Å²) in [6, 6.07) is 0.388. The lowest BCUT2D eigenvalue weighted by atomic mass is 10.1. The molecule has 0 spiro atoms. The molecule has 1 N–H and O–H groups in total. The van der Waals surface area contributed by atoms with Crippen molar-refractivity contribution in [3.8, 4) is 0 Å². The fraction of sp³-hybridized carbons (Fsp3) is 0.438. The van der Waals surface area contributed by atoms with Crippen molar-refractivity contribution >= 4 is 5.57 Å². The van der Waals surface area contributed by atoms with Crippen molar-refractivity contribution in [3.05, 3.63) is 58.1 Å². The molecule has 1 fully saturated rings. The van der Waals surface area contributed by atoms with Crippen molar-refractivity contribution in [2.45, 2.75) is 32.7 Å². The molecule has 1 aromatic heterocycles. The number of nitro groups is 1. The number of nitrogens with zero attached hydrogens (tertiary/aromatic N) is 3. The van der Waals surface area contributed by atoms with E-state index >= 15 is 0 Å². The average molecular weight is 302 g/mol. The predicted octanol–water partition coefficient (Wildman–Crippen LogP) is 2.95. The van der Waals surface area contributed by atoms with Crippen LogP contribution in [0.3, 0.4) is 0 Å². The number of hydrogen-bond acceptors (Lipinski definition) is 4. The Balaban J connectivity index is 2.28. The normalized spacial score (nSPS) is 16.4. The van der Waals surface area contributed by atoms with Gasteiger partial charge in [0.25, 0.3) is 5.70 Å². The van der Waals surface area contributed by atoms with Gasteiger partial charge in [0, 0.05) is 23.4 Å². The lowest BCUT2D eigenvalue weighted by molar-refractivity contribution is -0.420. The first-order valence-electron chi connectivity index (χ1n) is 7.44. The minimum absolute atomic E-state index is 0.101. The van der Waals surface area contributed by atoms with Gasteiger partial charge < -0.3 is 5.32 Å². The van der Waals surface area contributed by atoms with Crippen molar-refractivity contribution in [3.63, 3.8) is 0 Å². The molecule has 0 aromatic carbocycles. The summed E-state index contributed by atoms with van der Waals surface area (Å²) in [5.74, 6) is 0. The average Bonchev–Trinajstić information content (AvgIpc) is 2.98. The van der Waals surface area contributed by atoms with Gasteiger partial charge in [-0.25, -0.2) is 0 Å². The van der Waals surface area contributed by atoms with E-state index in [1.807, 2.05) is 10.9 Å². The van der Waals surface area contributed by atoms with E-state index in [0.717, 1.165) is 31.5 Å². The highest BCUT2D eigenvalue weighted by atomic mass is 16.6. The van der Waals surface area contributed by atoms with E-state index in [2.05, 4.69) is 17.0 Å². The van der Waals surface area contributed by atoms with E-state index in [4.69, 9.17) is 0 Å². The highest BCUT2D eigenvalue weighted by molar-refractivity contribution is 5.74. The van der Waals surface area contributed by atoms with E-state index in [1.54, 1.807) is 32.2 Å². The molecule has 118 valence electrons. The van der Waals surface area contributed by atoms with Crippen LogP contribution in [0.25, 0.3) is 5.57 Å². The van der Waals surface area contributed by atoms with Crippen LogP contribution >= 0.6 is 0 Å². The summed E-state index contributed by atoms with van der Waals surface area (Å²) in [4.78, 5) is 10.8. The van der Waals surface area contributed by atoms with Crippen LogP contribution in [0.1, 0.15) is 38.3 Å². The molecule has 0 radical (unpaired) electrons. The maximum atomic E-state index is 11.1. The van der Waals surface area contributed by atoms with Crippen LogP contribution < -0.4 is 5.32 Å². The maximum Gasteiger partial charge on any atom is 0.268 e. The topological polar surface area (TPSA) is 73.0 Å². The fourth-order valence-corrected chi connectivity index (χ4v) is 2.55. The van der Waals surface area contributed by atoms with Gasteiger partial charge in [-0.3, -0.25) is 14.8 Å². The number of piperidine rings is 1. The SMILES string of the molecule is C=C/C(=C\C(=C(C)C)[N+](=O)[O-])c1cnn(C2CCNCC2)c1. The molecule has 22 heavy (non-hydrogen) atoms. The first-order chi connectivity index (χ1) is 10.5. The Morgan fingerprint density at radius 2 is 2.18 bits per heavy atom. The molecule has 0 amide bonds. The van der Waals surface area contributed by atoms with Crippen LogP contribution in [0.4, 0.5) is 0 Å². The zero-order valence-electron chi connectivity index (χ0n) is 13.1. The van der Waals surface area contributed by atoms with Gasteiger partial charge in [0.2, 0.25) is 0 Å². The lowest BCUT2D eigenvalue weighted by Gasteiger charge is -2.22. The van der Waals surface area contributed by atoms with Crippen molar-refractivity contribution in [1.29, 1.82) is 0 Å². The summed E-state index contributed by atoms with van der Waals surface area (Å²) in [5, 5.41) is 18.9. The van der Waals surface area contributed by atoms with Crippen LogP contribution in [0, 0.1) is 10.1 Å². The molecule has 1 aromatic rings. The zero-order valence-corrected chi connectivity index (χ0v) is 13.1. The maximum absolute atomic E-state index is 11.1. The molecular weight excluding hydrogens is 280 g/mol. The number of nitrogens with one attached hydrogen (secondary N) is 1. The standard InChI is InChI=1S/C16H22N4O2/c1-4-13(9-16(12(2)3)20(21)22)14-10-18-19(11-14)15-5-7-17-8-6-15/h4,9-11,15,17H,1,5-8H2,2-3H3/b13-9+. The second-order valence-corrected chi connectivity index (χ2v) is 5.64. The minimum Gasteiger partial charge on any atom is -0.317 e. The third-order valence-corrected chi connectivity index (χ3v) is 3.84. The number of aromatic nitrogens is 2. The zero-order chi connectivity index (χ0) is 16.1. The van der Waals surface area contributed by atoms with Crippen LogP contribution in [0.2, 0.25) is 0 Å². The van der Waals surface area contributed by atoms with Gasteiger partial charge >= 0.3 is 0 Å². The van der Waals surface area contributed by atoms with Gasteiger partial charge in [-0.15, -0.1) is 0 Å². The Morgan fingerprint density at radius 1 is 1.50 bits per heavy atom. The predicted molar refractivity (Wildman–Crippen MR) is 86.9 cm³/mol. The number of allylic oxidation sites excluding steroid dienone is 4. The summed E-state index contributed by atoms with van der Waals surface area (Å²) in [6.45, 7) is 9.22. The summed E-state index contributed by atoms with van der Waals surface area (Å²) in [7, 11) is 0. The molecule has 0 bridgehead atoms. The van der Waals surface area contributed by atoms with Gasteiger partial charge in [-0.1, -0.05) is 12.7 Å². The smallest absolute Gasteiger partial charge is 0.268 e. The minimum atomic E-state index is -0.365. The van der Waals surface area contributed by atoms with E-state index in [0.29, 0.717) is 17.2 Å². The van der Waals surface area contributed by atoms with E-state index in [9.17, 15) is 10.1 Å². The summed E-state index contributed by atoms with van der Waals surface area (Å²) < 4.78 is 1.96. The molecule has 6 heteroatoms.